The summed E-state index contributed by atoms with van der Waals surface area (Å²) in [6.45, 7) is 3.01. The van der Waals surface area contributed by atoms with Crippen molar-refractivity contribution in [2.75, 3.05) is 13.1 Å². The van der Waals surface area contributed by atoms with Gasteiger partial charge in [0.2, 0.25) is 0 Å². The van der Waals surface area contributed by atoms with Crippen molar-refractivity contribution >= 4 is 6.09 Å². The maximum atomic E-state index is 10.7. The number of rotatable bonds is 1. The van der Waals surface area contributed by atoms with Crippen molar-refractivity contribution in [3.8, 4) is 0 Å². The zero-order valence-electron chi connectivity index (χ0n) is 8.63. The first-order chi connectivity index (χ1) is 7.16. The summed E-state index contributed by atoms with van der Waals surface area (Å²) in [7, 11) is 0. The summed E-state index contributed by atoms with van der Waals surface area (Å²) in [6, 6.07) is 0.293. The summed E-state index contributed by atoms with van der Waals surface area (Å²) < 4.78 is 1.84. The van der Waals surface area contributed by atoms with Crippen LogP contribution in [0.25, 0.3) is 0 Å². The molecule has 6 heteroatoms. The smallest absolute Gasteiger partial charge is 0.407 e. The molecule has 15 heavy (non-hydrogen) atoms. The molecule has 0 radical (unpaired) electrons. The van der Waals surface area contributed by atoms with Gasteiger partial charge in [0.1, 0.15) is 12.2 Å². The third kappa shape index (κ3) is 2.08. The van der Waals surface area contributed by atoms with Crippen molar-refractivity contribution in [1.29, 1.82) is 0 Å². The highest BCUT2D eigenvalue weighted by Crippen LogP contribution is 2.21. The van der Waals surface area contributed by atoms with E-state index in [4.69, 9.17) is 5.11 Å². The van der Waals surface area contributed by atoms with Gasteiger partial charge in [-0.15, -0.1) is 0 Å². The number of amides is 1. The normalized spacial score (nSPS) is 18.1. The summed E-state index contributed by atoms with van der Waals surface area (Å²) in [4.78, 5) is 16.2. The van der Waals surface area contributed by atoms with Crippen LogP contribution in [-0.4, -0.2) is 44.0 Å². The third-order valence-electron chi connectivity index (χ3n) is 2.73. The Balaban J connectivity index is 1.96. The van der Waals surface area contributed by atoms with E-state index in [2.05, 4.69) is 10.1 Å². The molecule has 1 aromatic heterocycles. The lowest BCUT2D eigenvalue weighted by Crippen LogP contribution is -2.38. The van der Waals surface area contributed by atoms with Crippen LogP contribution in [0.2, 0.25) is 0 Å². The number of hydrogen-bond donors (Lipinski definition) is 1. The minimum atomic E-state index is -0.830. The fourth-order valence-electron chi connectivity index (χ4n) is 1.86. The first kappa shape index (κ1) is 9.95. The Morgan fingerprint density at radius 2 is 2.20 bits per heavy atom. The van der Waals surface area contributed by atoms with Crippen LogP contribution < -0.4 is 0 Å². The largest absolute Gasteiger partial charge is 0.465 e. The van der Waals surface area contributed by atoms with E-state index >= 15 is 0 Å². The molecule has 0 saturated carbocycles. The van der Waals surface area contributed by atoms with Crippen LogP contribution in [0.1, 0.15) is 24.7 Å². The van der Waals surface area contributed by atoms with Gasteiger partial charge >= 0.3 is 6.09 Å². The number of piperidine rings is 1. The molecule has 1 N–H and O–H groups in total. The van der Waals surface area contributed by atoms with Crippen molar-refractivity contribution in [3.63, 3.8) is 0 Å². The highest BCUT2D eigenvalue weighted by Gasteiger charge is 2.23. The molecular formula is C9H14N4O2. The van der Waals surface area contributed by atoms with Gasteiger partial charge in [0.15, 0.2) is 0 Å². The third-order valence-corrected chi connectivity index (χ3v) is 2.73. The molecule has 82 valence electrons. The van der Waals surface area contributed by atoms with Gasteiger partial charge in [-0.1, -0.05) is 0 Å². The van der Waals surface area contributed by atoms with Crippen LogP contribution in [0.4, 0.5) is 4.79 Å². The van der Waals surface area contributed by atoms with Crippen LogP contribution in [0.15, 0.2) is 6.33 Å². The molecule has 0 aliphatic carbocycles. The first-order valence-electron chi connectivity index (χ1n) is 5.02. The van der Waals surface area contributed by atoms with Crippen LogP contribution in [0.3, 0.4) is 0 Å². The molecule has 1 aromatic rings. The van der Waals surface area contributed by atoms with Crippen molar-refractivity contribution < 1.29 is 9.90 Å². The van der Waals surface area contributed by atoms with Gasteiger partial charge in [-0.3, -0.25) is 0 Å². The molecule has 0 atom stereocenters. The van der Waals surface area contributed by atoms with Gasteiger partial charge in [-0.25, -0.2) is 14.5 Å². The van der Waals surface area contributed by atoms with Crippen molar-refractivity contribution in [1.82, 2.24) is 19.7 Å². The molecule has 1 aliphatic heterocycles. The van der Waals surface area contributed by atoms with E-state index in [-0.39, 0.29) is 0 Å². The number of hydrogen-bond acceptors (Lipinski definition) is 3. The van der Waals surface area contributed by atoms with Crippen molar-refractivity contribution in [2.45, 2.75) is 25.8 Å². The van der Waals surface area contributed by atoms with Gasteiger partial charge in [-0.2, -0.15) is 5.10 Å². The Kier molecular flexibility index (Phi) is 2.57. The molecule has 0 bridgehead atoms. The lowest BCUT2D eigenvalue weighted by Gasteiger charge is -2.29. The highest BCUT2D eigenvalue weighted by atomic mass is 16.4. The topological polar surface area (TPSA) is 71.2 Å². The van der Waals surface area contributed by atoms with E-state index in [0.29, 0.717) is 19.1 Å². The van der Waals surface area contributed by atoms with Gasteiger partial charge in [-0.05, 0) is 19.8 Å². The predicted molar refractivity (Wildman–Crippen MR) is 52.6 cm³/mol. The number of nitrogens with zero attached hydrogens (tertiary/aromatic N) is 4. The molecule has 0 spiro atoms. The minimum absolute atomic E-state index is 0.293. The molecule has 0 aromatic carbocycles. The number of carboxylic acid groups (broad SMARTS) is 1. The molecule has 1 aliphatic rings. The van der Waals surface area contributed by atoms with E-state index in [1.807, 2.05) is 11.6 Å². The maximum Gasteiger partial charge on any atom is 0.407 e. The summed E-state index contributed by atoms with van der Waals surface area (Å²) in [6.07, 6.45) is 2.52. The molecule has 2 rings (SSSR count). The molecule has 2 heterocycles. The quantitative estimate of drug-likeness (QED) is 0.747. The van der Waals surface area contributed by atoms with Crippen molar-refractivity contribution in [3.05, 3.63) is 12.2 Å². The second-order valence-corrected chi connectivity index (χ2v) is 3.77. The zero-order valence-corrected chi connectivity index (χ0v) is 8.63. The second-order valence-electron chi connectivity index (χ2n) is 3.77. The SMILES string of the molecule is Cc1ncn(C2CCN(C(=O)O)CC2)n1. The van der Waals surface area contributed by atoms with E-state index in [0.717, 1.165) is 18.7 Å². The van der Waals surface area contributed by atoms with Gasteiger partial charge < -0.3 is 10.0 Å². The van der Waals surface area contributed by atoms with Gasteiger partial charge in [0, 0.05) is 13.1 Å². The summed E-state index contributed by atoms with van der Waals surface area (Å²) in [5, 5.41) is 13.0. The standard InChI is InChI=1S/C9H14N4O2/c1-7-10-6-13(11-7)8-2-4-12(5-3-8)9(14)15/h6,8H,2-5H2,1H3,(H,14,15). The average molecular weight is 210 g/mol. The predicted octanol–water partition coefficient (Wildman–Crippen LogP) is 0.901. The lowest BCUT2D eigenvalue weighted by molar-refractivity contribution is 0.124. The number of likely N-dealkylation sites (tertiary alicyclic amines) is 1. The Morgan fingerprint density at radius 1 is 1.53 bits per heavy atom. The highest BCUT2D eigenvalue weighted by molar-refractivity contribution is 5.64. The molecule has 6 nitrogen and oxygen atoms in total. The molecule has 1 fully saturated rings. The Labute approximate surface area is 87.5 Å². The van der Waals surface area contributed by atoms with E-state index in [9.17, 15) is 4.79 Å². The fourth-order valence-corrected chi connectivity index (χ4v) is 1.86. The van der Waals surface area contributed by atoms with E-state index in [1.165, 1.54) is 4.90 Å². The fraction of sp³-hybridized carbons (Fsp3) is 0.667. The number of aryl methyl sites for hydroxylation is 1. The Bertz CT molecular complexity index is 355. The molecule has 1 amide bonds. The Hall–Kier alpha value is -1.59. The van der Waals surface area contributed by atoms with E-state index in [1.54, 1.807) is 6.33 Å². The number of aromatic nitrogens is 3. The average Bonchev–Trinajstić information content (AvgIpc) is 2.65. The molecular weight excluding hydrogens is 196 g/mol. The lowest BCUT2D eigenvalue weighted by atomic mass is 10.1. The second kappa shape index (κ2) is 3.88. The minimum Gasteiger partial charge on any atom is -0.465 e. The first-order valence-corrected chi connectivity index (χ1v) is 5.02. The summed E-state index contributed by atoms with van der Waals surface area (Å²) in [5.41, 5.74) is 0. The van der Waals surface area contributed by atoms with Crippen LogP contribution in [0.5, 0.6) is 0 Å². The zero-order chi connectivity index (χ0) is 10.8. The monoisotopic (exact) mass is 210 g/mol. The molecule has 0 unspecified atom stereocenters. The van der Waals surface area contributed by atoms with Crippen molar-refractivity contribution in [2.24, 2.45) is 0 Å². The molecule has 1 saturated heterocycles. The van der Waals surface area contributed by atoms with Crippen LogP contribution in [-0.2, 0) is 0 Å². The van der Waals surface area contributed by atoms with Gasteiger partial charge in [0.05, 0.1) is 6.04 Å². The Morgan fingerprint density at radius 3 is 2.67 bits per heavy atom. The van der Waals surface area contributed by atoms with E-state index < -0.39 is 6.09 Å². The van der Waals surface area contributed by atoms with Crippen LogP contribution >= 0.6 is 0 Å². The summed E-state index contributed by atoms with van der Waals surface area (Å²) in [5.74, 6) is 0.760. The summed E-state index contributed by atoms with van der Waals surface area (Å²) >= 11 is 0. The maximum absolute atomic E-state index is 10.7. The number of carbonyl (C=O) groups is 1. The van der Waals surface area contributed by atoms with Crippen LogP contribution in [0, 0.1) is 6.92 Å². The van der Waals surface area contributed by atoms with Gasteiger partial charge in [0.25, 0.3) is 0 Å².